The lowest BCUT2D eigenvalue weighted by atomic mass is 10.2. The van der Waals surface area contributed by atoms with Gasteiger partial charge in [0.25, 0.3) is 11.8 Å². The van der Waals surface area contributed by atoms with E-state index in [0.29, 0.717) is 28.9 Å². The second kappa shape index (κ2) is 8.08. The van der Waals surface area contributed by atoms with Crippen molar-refractivity contribution in [1.82, 2.24) is 30.5 Å². The fourth-order valence-electron chi connectivity index (χ4n) is 3.72. The minimum Gasteiger partial charge on any atom is -0.367 e. The number of carbonyl (C=O) groups is 3. The van der Waals surface area contributed by atoms with Crippen molar-refractivity contribution in [3.05, 3.63) is 53.1 Å². The van der Waals surface area contributed by atoms with Gasteiger partial charge in [0, 0.05) is 29.3 Å². The van der Waals surface area contributed by atoms with Gasteiger partial charge in [-0.05, 0) is 50.0 Å². The van der Waals surface area contributed by atoms with Gasteiger partial charge in [-0.2, -0.15) is 9.61 Å². The summed E-state index contributed by atoms with van der Waals surface area (Å²) in [6, 6.07) is 5.84. The topological polar surface area (TPSA) is 142 Å². The van der Waals surface area contributed by atoms with E-state index in [1.54, 1.807) is 16.6 Å². The fraction of sp³-hybridized carbons (Fsp3) is 0.261. The summed E-state index contributed by atoms with van der Waals surface area (Å²) in [6.45, 7) is 0. The number of fused-ring (bicyclic) bond motifs is 1. The summed E-state index contributed by atoms with van der Waals surface area (Å²) in [5.41, 5.74) is 1.38. The molecule has 0 bridgehead atoms. The lowest BCUT2D eigenvalue weighted by Gasteiger charge is -2.13. The Morgan fingerprint density at radius 2 is 1.91 bits per heavy atom. The molecule has 4 amide bonds. The van der Waals surface area contributed by atoms with Gasteiger partial charge in [0.05, 0.1) is 11.9 Å². The molecule has 0 atom stereocenters. The van der Waals surface area contributed by atoms with Gasteiger partial charge in [-0.3, -0.25) is 14.9 Å². The Hall–Kier alpha value is -4.48. The van der Waals surface area contributed by atoms with E-state index in [1.807, 2.05) is 0 Å². The van der Waals surface area contributed by atoms with Crippen LogP contribution in [0.15, 0.2) is 36.2 Å². The SMILES string of the molecule is O=C1NC(=O)/C(=C/c2cnn3c(NC4CC4)cc(Nc4ccc(C(=O)NC5CC5)cc4F)nc23)N1. The predicted octanol–water partition coefficient (Wildman–Crippen LogP) is 2.26. The van der Waals surface area contributed by atoms with Crippen molar-refractivity contribution < 1.29 is 18.8 Å². The van der Waals surface area contributed by atoms with Crippen LogP contribution in [-0.4, -0.2) is 44.5 Å². The number of rotatable bonds is 7. The zero-order chi connectivity index (χ0) is 24.1. The highest BCUT2D eigenvalue weighted by molar-refractivity contribution is 6.14. The summed E-state index contributed by atoms with van der Waals surface area (Å²) >= 11 is 0. The Morgan fingerprint density at radius 3 is 2.60 bits per heavy atom. The van der Waals surface area contributed by atoms with Crippen LogP contribution in [-0.2, 0) is 4.79 Å². The number of hydrogen-bond acceptors (Lipinski definition) is 7. The maximum Gasteiger partial charge on any atom is 0.326 e. The molecule has 0 unspecified atom stereocenters. The normalized spacial score (nSPS) is 18.5. The highest BCUT2D eigenvalue weighted by atomic mass is 19.1. The van der Waals surface area contributed by atoms with Crippen molar-refractivity contribution in [3.8, 4) is 0 Å². The molecule has 0 spiro atoms. The average molecular weight is 476 g/mol. The second-order valence-corrected chi connectivity index (χ2v) is 8.81. The maximum absolute atomic E-state index is 14.9. The third-order valence-electron chi connectivity index (χ3n) is 5.85. The second-order valence-electron chi connectivity index (χ2n) is 8.81. The van der Waals surface area contributed by atoms with E-state index < -0.39 is 17.8 Å². The zero-order valence-electron chi connectivity index (χ0n) is 18.4. The number of carbonyl (C=O) groups excluding carboxylic acids is 3. The van der Waals surface area contributed by atoms with Gasteiger partial charge >= 0.3 is 6.03 Å². The van der Waals surface area contributed by atoms with E-state index in [9.17, 15) is 18.8 Å². The number of halogens is 1. The lowest BCUT2D eigenvalue weighted by molar-refractivity contribution is -0.115. The minimum atomic E-state index is -0.603. The van der Waals surface area contributed by atoms with E-state index in [1.165, 1.54) is 24.4 Å². The number of aromatic nitrogens is 3. The van der Waals surface area contributed by atoms with E-state index in [0.717, 1.165) is 25.7 Å². The van der Waals surface area contributed by atoms with Gasteiger partial charge in [0.1, 0.15) is 23.1 Å². The molecule has 1 aromatic carbocycles. The Morgan fingerprint density at radius 1 is 1.11 bits per heavy atom. The fourth-order valence-corrected chi connectivity index (χ4v) is 3.72. The Balaban J connectivity index is 1.33. The monoisotopic (exact) mass is 476 g/mol. The van der Waals surface area contributed by atoms with Crippen molar-refractivity contribution in [2.24, 2.45) is 0 Å². The molecule has 2 aliphatic carbocycles. The van der Waals surface area contributed by atoms with Crippen LogP contribution >= 0.6 is 0 Å². The van der Waals surface area contributed by atoms with Crippen molar-refractivity contribution in [1.29, 1.82) is 0 Å². The number of nitrogens with zero attached hydrogens (tertiary/aromatic N) is 3. The summed E-state index contributed by atoms with van der Waals surface area (Å²) in [5, 5.41) is 18.1. The average Bonchev–Trinajstić information content (AvgIpc) is 3.74. The number of amides is 4. The largest absolute Gasteiger partial charge is 0.367 e. The number of anilines is 3. The molecule has 12 heteroatoms. The van der Waals surface area contributed by atoms with Crippen molar-refractivity contribution in [3.63, 3.8) is 0 Å². The Kier molecular flexibility index (Phi) is 4.87. The Bertz CT molecular complexity index is 1420. The van der Waals surface area contributed by atoms with Crippen molar-refractivity contribution >= 4 is 46.9 Å². The number of benzene rings is 1. The predicted molar refractivity (Wildman–Crippen MR) is 124 cm³/mol. The molecule has 5 N–H and O–H groups in total. The quantitative estimate of drug-likeness (QED) is 0.260. The first-order valence-corrected chi connectivity index (χ1v) is 11.3. The van der Waals surface area contributed by atoms with Crippen LogP contribution in [0.5, 0.6) is 0 Å². The molecule has 2 saturated carbocycles. The van der Waals surface area contributed by atoms with Crippen LogP contribution in [0.4, 0.5) is 26.5 Å². The first-order valence-electron chi connectivity index (χ1n) is 11.3. The van der Waals surface area contributed by atoms with Gasteiger partial charge in [-0.25, -0.2) is 14.2 Å². The summed E-state index contributed by atoms with van der Waals surface area (Å²) in [6.07, 6.45) is 6.95. The molecule has 1 saturated heterocycles. The van der Waals surface area contributed by atoms with E-state index in [-0.39, 0.29) is 28.9 Å². The summed E-state index contributed by atoms with van der Waals surface area (Å²) in [7, 11) is 0. The molecule has 3 fully saturated rings. The van der Waals surface area contributed by atoms with E-state index in [2.05, 4.69) is 36.7 Å². The van der Waals surface area contributed by atoms with Crippen LogP contribution in [0.25, 0.3) is 11.7 Å². The van der Waals surface area contributed by atoms with Crippen LogP contribution in [0.1, 0.15) is 41.6 Å². The summed E-state index contributed by atoms with van der Waals surface area (Å²) in [5.74, 6) is -0.450. The maximum atomic E-state index is 14.9. The van der Waals surface area contributed by atoms with Crippen LogP contribution in [0, 0.1) is 5.82 Å². The smallest absolute Gasteiger partial charge is 0.326 e. The number of nitrogens with one attached hydrogen (secondary N) is 5. The van der Waals surface area contributed by atoms with Crippen molar-refractivity contribution in [2.45, 2.75) is 37.8 Å². The molecular formula is C23H21FN8O3. The van der Waals surface area contributed by atoms with Gasteiger partial charge in [0.15, 0.2) is 5.65 Å². The zero-order valence-corrected chi connectivity index (χ0v) is 18.4. The van der Waals surface area contributed by atoms with Gasteiger partial charge in [-0.15, -0.1) is 0 Å². The van der Waals surface area contributed by atoms with Crippen LogP contribution in [0.2, 0.25) is 0 Å². The molecule has 3 aliphatic rings. The number of urea groups is 1. The summed E-state index contributed by atoms with van der Waals surface area (Å²) in [4.78, 5) is 40.2. The van der Waals surface area contributed by atoms with Crippen molar-refractivity contribution in [2.75, 3.05) is 10.6 Å². The lowest BCUT2D eigenvalue weighted by Crippen LogP contribution is -2.25. The van der Waals surface area contributed by atoms with Crippen LogP contribution < -0.4 is 26.6 Å². The molecule has 1 aliphatic heterocycles. The van der Waals surface area contributed by atoms with Crippen LogP contribution in [0.3, 0.4) is 0 Å². The molecule has 178 valence electrons. The molecule has 2 aromatic heterocycles. The third-order valence-corrected chi connectivity index (χ3v) is 5.85. The molecule has 0 radical (unpaired) electrons. The standard InChI is InChI=1S/C23H21FN8O3/c24-15-7-11(21(33)27-14-4-5-14)1-6-16(15)28-18-9-19(26-13-2-3-13)32-20(30-18)12(10-25-32)8-17-22(34)31-23(35)29-17/h1,6-10,13-14,26H,2-5H2,(H,27,33)(H,28,30)(H2,29,31,34,35)/b17-8-. The van der Waals surface area contributed by atoms with Gasteiger partial charge in [-0.1, -0.05) is 0 Å². The van der Waals surface area contributed by atoms with Gasteiger partial charge < -0.3 is 21.3 Å². The molecular weight excluding hydrogens is 455 g/mol. The molecule has 6 rings (SSSR count). The molecule has 11 nitrogen and oxygen atoms in total. The Labute approximate surface area is 198 Å². The minimum absolute atomic E-state index is 0.0767. The van der Waals surface area contributed by atoms with Gasteiger partial charge in [0.2, 0.25) is 0 Å². The molecule has 3 heterocycles. The van der Waals surface area contributed by atoms with E-state index in [4.69, 9.17) is 0 Å². The highest BCUT2D eigenvalue weighted by Crippen LogP contribution is 2.29. The highest BCUT2D eigenvalue weighted by Gasteiger charge is 2.26. The third kappa shape index (κ3) is 4.37. The summed E-state index contributed by atoms with van der Waals surface area (Å²) < 4.78 is 16.4. The number of hydrogen-bond donors (Lipinski definition) is 5. The number of imide groups is 1. The van der Waals surface area contributed by atoms with E-state index >= 15 is 0 Å². The molecule has 35 heavy (non-hydrogen) atoms. The first-order chi connectivity index (χ1) is 16.9. The first kappa shape index (κ1) is 21.1. The molecule has 3 aromatic rings.